The van der Waals surface area contributed by atoms with Gasteiger partial charge in [0.15, 0.2) is 0 Å². The van der Waals surface area contributed by atoms with Crippen molar-refractivity contribution in [3.8, 4) is 5.69 Å². The minimum Gasteiger partial charge on any atom is -0.352 e. The number of nitrogens with one attached hydrogen (secondary N) is 1. The van der Waals surface area contributed by atoms with Crippen molar-refractivity contribution in [2.24, 2.45) is 0 Å². The number of hydrogen-bond donors (Lipinski definition) is 1. The number of aromatic nitrogens is 2. The number of carbonyl (C=O) groups is 1. The van der Waals surface area contributed by atoms with Crippen LogP contribution in [-0.2, 0) is 11.3 Å². The number of nitrogens with zero attached hydrogens (tertiary/aromatic N) is 2. The molecular weight excluding hydrogens is 366 g/mol. The molecule has 0 saturated carbocycles. The third-order valence-corrected chi connectivity index (χ3v) is 4.87. The molecule has 2 aromatic carbocycles. The third kappa shape index (κ3) is 4.16. The quantitative estimate of drug-likeness (QED) is 0.724. The summed E-state index contributed by atoms with van der Waals surface area (Å²) >= 11 is 0. The predicted octanol–water partition coefficient (Wildman–Crippen LogP) is 3.11. The Balaban J connectivity index is 2.26. The van der Waals surface area contributed by atoms with Crippen molar-refractivity contribution in [1.82, 2.24) is 14.5 Å². The fraction of sp³-hybridized carbons (Fsp3) is 0.348. The molecule has 0 radical (unpaired) electrons. The zero-order chi connectivity index (χ0) is 21.3. The summed E-state index contributed by atoms with van der Waals surface area (Å²) in [6, 6.07) is 12.7. The summed E-state index contributed by atoms with van der Waals surface area (Å²) in [7, 11) is 0. The van der Waals surface area contributed by atoms with E-state index in [2.05, 4.69) is 19.2 Å². The average Bonchev–Trinajstić information content (AvgIpc) is 2.65. The van der Waals surface area contributed by atoms with Crippen LogP contribution in [0.1, 0.15) is 44.7 Å². The lowest BCUT2D eigenvalue weighted by Gasteiger charge is -2.16. The largest absolute Gasteiger partial charge is 0.352 e. The maximum Gasteiger partial charge on any atom is 0.336 e. The molecule has 0 bridgehead atoms. The van der Waals surface area contributed by atoms with Gasteiger partial charge in [0.1, 0.15) is 6.54 Å². The van der Waals surface area contributed by atoms with E-state index >= 15 is 0 Å². The highest BCUT2D eigenvalue weighted by molar-refractivity contribution is 5.82. The Labute approximate surface area is 169 Å². The highest BCUT2D eigenvalue weighted by Crippen LogP contribution is 2.17. The minimum atomic E-state index is -0.525. The molecule has 1 aromatic heterocycles. The third-order valence-electron chi connectivity index (χ3n) is 4.87. The van der Waals surface area contributed by atoms with Gasteiger partial charge in [-0.15, -0.1) is 0 Å². The molecule has 1 heterocycles. The lowest BCUT2D eigenvalue weighted by atomic mass is 10.0. The van der Waals surface area contributed by atoms with Crippen LogP contribution < -0.4 is 16.6 Å². The van der Waals surface area contributed by atoms with Crippen molar-refractivity contribution < 1.29 is 4.79 Å². The molecule has 3 rings (SSSR count). The highest BCUT2D eigenvalue weighted by Gasteiger charge is 2.17. The molecule has 152 valence electrons. The van der Waals surface area contributed by atoms with Gasteiger partial charge < -0.3 is 5.32 Å². The summed E-state index contributed by atoms with van der Waals surface area (Å²) in [5.41, 5.74) is 2.07. The zero-order valence-corrected chi connectivity index (χ0v) is 17.5. The molecule has 1 amide bonds. The average molecular weight is 393 g/mol. The van der Waals surface area contributed by atoms with Gasteiger partial charge >= 0.3 is 5.69 Å². The molecule has 0 unspecified atom stereocenters. The van der Waals surface area contributed by atoms with Crippen LogP contribution in [0.4, 0.5) is 0 Å². The van der Waals surface area contributed by atoms with E-state index in [9.17, 15) is 14.4 Å². The van der Waals surface area contributed by atoms with Crippen LogP contribution in [0.5, 0.6) is 0 Å². The maximum absolute atomic E-state index is 13.3. The Morgan fingerprint density at radius 1 is 1.00 bits per heavy atom. The van der Waals surface area contributed by atoms with Gasteiger partial charge in [0.05, 0.1) is 16.6 Å². The van der Waals surface area contributed by atoms with Crippen molar-refractivity contribution in [3.05, 3.63) is 74.4 Å². The molecule has 6 nitrogen and oxygen atoms in total. The van der Waals surface area contributed by atoms with E-state index in [1.165, 1.54) is 4.57 Å². The van der Waals surface area contributed by atoms with Gasteiger partial charge in [-0.2, -0.15) is 0 Å². The molecule has 0 spiro atoms. The summed E-state index contributed by atoms with van der Waals surface area (Å²) in [6.45, 7) is 9.63. The van der Waals surface area contributed by atoms with Crippen LogP contribution in [0.3, 0.4) is 0 Å². The molecule has 1 N–H and O–H groups in total. The number of fused-ring (bicyclic) bond motifs is 1. The van der Waals surface area contributed by atoms with Crippen LogP contribution in [-0.4, -0.2) is 21.1 Å². The maximum atomic E-state index is 13.3. The van der Waals surface area contributed by atoms with Crippen LogP contribution in [0.15, 0.2) is 52.1 Å². The zero-order valence-electron chi connectivity index (χ0n) is 17.5. The fourth-order valence-electron chi connectivity index (χ4n) is 3.39. The lowest BCUT2D eigenvalue weighted by Crippen LogP contribution is -2.42. The number of benzene rings is 2. The second-order valence-electron chi connectivity index (χ2n) is 8.00. The first-order valence-electron chi connectivity index (χ1n) is 9.85. The minimum absolute atomic E-state index is 0.0406. The van der Waals surface area contributed by atoms with Crippen molar-refractivity contribution in [2.75, 3.05) is 0 Å². The van der Waals surface area contributed by atoms with Crippen molar-refractivity contribution >= 4 is 16.8 Å². The van der Waals surface area contributed by atoms with Gasteiger partial charge in [-0.1, -0.05) is 37.6 Å². The smallest absolute Gasteiger partial charge is 0.336 e. The Bertz CT molecular complexity index is 1170. The van der Waals surface area contributed by atoms with Gasteiger partial charge in [-0.25, -0.2) is 9.36 Å². The molecule has 6 heteroatoms. The van der Waals surface area contributed by atoms with Crippen LogP contribution in [0, 0.1) is 6.92 Å². The molecule has 0 aliphatic heterocycles. The Kier molecular flexibility index (Phi) is 5.73. The number of amides is 1. The summed E-state index contributed by atoms with van der Waals surface area (Å²) < 4.78 is 2.51. The predicted molar refractivity (Wildman–Crippen MR) is 116 cm³/mol. The Morgan fingerprint density at radius 2 is 1.66 bits per heavy atom. The molecule has 0 atom stereocenters. The van der Waals surface area contributed by atoms with E-state index in [-0.39, 0.29) is 24.1 Å². The number of carbonyl (C=O) groups excluding carboxylic acids is 1. The molecule has 0 aliphatic carbocycles. The monoisotopic (exact) mass is 393 g/mol. The van der Waals surface area contributed by atoms with Crippen molar-refractivity contribution in [3.63, 3.8) is 0 Å². The van der Waals surface area contributed by atoms with E-state index < -0.39 is 5.69 Å². The molecule has 3 aromatic rings. The number of aryl methyl sites for hydroxylation is 1. The molecule has 0 saturated heterocycles. The first-order chi connectivity index (χ1) is 13.7. The van der Waals surface area contributed by atoms with Crippen molar-refractivity contribution in [1.29, 1.82) is 0 Å². The van der Waals surface area contributed by atoms with Crippen molar-refractivity contribution in [2.45, 2.75) is 53.1 Å². The van der Waals surface area contributed by atoms with Crippen LogP contribution in [0.2, 0.25) is 0 Å². The molecular formula is C23H27N3O3. The van der Waals surface area contributed by atoms with Gasteiger partial charge in [0.25, 0.3) is 5.56 Å². The van der Waals surface area contributed by atoms with Gasteiger partial charge in [-0.05, 0) is 56.5 Å². The van der Waals surface area contributed by atoms with E-state index in [4.69, 9.17) is 0 Å². The number of rotatable bonds is 5. The van der Waals surface area contributed by atoms with Gasteiger partial charge in [0, 0.05) is 6.04 Å². The Morgan fingerprint density at radius 3 is 2.24 bits per heavy atom. The normalized spacial score (nSPS) is 11.4. The first kappa shape index (κ1) is 20.6. The summed E-state index contributed by atoms with van der Waals surface area (Å²) in [4.78, 5) is 38.8. The Hall–Kier alpha value is -3.15. The second kappa shape index (κ2) is 8.07. The highest BCUT2D eigenvalue weighted by atomic mass is 16.2. The topological polar surface area (TPSA) is 73.1 Å². The van der Waals surface area contributed by atoms with E-state index in [1.54, 1.807) is 24.3 Å². The number of hydrogen-bond acceptors (Lipinski definition) is 3. The van der Waals surface area contributed by atoms with Crippen LogP contribution >= 0.6 is 0 Å². The molecule has 0 fully saturated rings. The van der Waals surface area contributed by atoms with Crippen LogP contribution in [0.25, 0.3) is 16.6 Å². The summed E-state index contributed by atoms with van der Waals surface area (Å²) in [5.74, 6) is 0.0701. The lowest BCUT2D eigenvalue weighted by molar-refractivity contribution is -0.122. The van der Waals surface area contributed by atoms with E-state index in [1.807, 2.05) is 39.0 Å². The van der Waals surface area contributed by atoms with E-state index in [0.29, 0.717) is 22.5 Å². The fourth-order valence-corrected chi connectivity index (χ4v) is 3.39. The standard InChI is InChI=1S/C23H27N3O3/c1-14(2)17-7-9-18(10-8-17)26-22(28)19-12-16(5)6-11-20(19)25(23(26)29)13-21(27)24-15(3)4/h6-12,14-15H,13H2,1-5H3,(H,24,27). The SMILES string of the molecule is Cc1ccc2c(c1)c(=O)n(-c1ccc(C(C)C)cc1)c(=O)n2CC(=O)NC(C)C. The summed E-state index contributed by atoms with van der Waals surface area (Å²) in [6.07, 6.45) is 0. The molecule has 0 aliphatic rings. The first-order valence-corrected chi connectivity index (χ1v) is 9.85. The second-order valence-corrected chi connectivity index (χ2v) is 8.00. The van der Waals surface area contributed by atoms with E-state index in [0.717, 1.165) is 15.7 Å². The summed E-state index contributed by atoms with van der Waals surface area (Å²) in [5, 5.41) is 3.21. The van der Waals surface area contributed by atoms with Gasteiger partial charge in [-0.3, -0.25) is 14.2 Å². The molecule has 29 heavy (non-hydrogen) atoms. The van der Waals surface area contributed by atoms with Gasteiger partial charge in [0.2, 0.25) is 5.91 Å².